The monoisotopic (exact) mass is 278 g/mol. The molecule has 0 bridgehead atoms. The van der Waals surface area contributed by atoms with Crippen molar-refractivity contribution in [1.29, 1.82) is 0 Å². The SMILES string of the molecule is CCOC(=O)c1cc(N2CCC(C)C(O)C2)ccc1N. The molecule has 0 radical (unpaired) electrons. The number of nitrogen functional groups attached to an aromatic ring is 1. The zero-order valence-electron chi connectivity index (χ0n) is 12.0. The highest BCUT2D eigenvalue weighted by Crippen LogP contribution is 2.26. The molecule has 1 aromatic rings. The third-order valence-electron chi connectivity index (χ3n) is 3.82. The van der Waals surface area contributed by atoms with Crippen molar-refractivity contribution in [2.75, 3.05) is 30.3 Å². The lowest BCUT2D eigenvalue weighted by Crippen LogP contribution is -2.43. The zero-order chi connectivity index (χ0) is 14.7. The van der Waals surface area contributed by atoms with E-state index in [-0.39, 0.29) is 6.10 Å². The summed E-state index contributed by atoms with van der Waals surface area (Å²) >= 11 is 0. The first-order chi connectivity index (χ1) is 9.52. The molecule has 1 aromatic carbocycles. The molecule has 2 rings (SSSR count). The minimum absolute atomic E-state index is 0.310. The number of carbonyl (C=O) groups excluding carboxylic acids is 1. The molecule has 1 aliphatic rings. The molecule has 0 spiro atoms. The number of nitrogens with two attached hydrogens (primary N) is 1. The molecule has 1 aliphatic heterocycles. The highest BCUT2D eigenvalue weighted by Gasteiger charge is 2.25. The van der Waals surface area contributed by atoms with Crippen LogP contribution in [0.25, 0.3) is 0 Å². The van der Waals surface area contributed by atoms with Crippen LogP contribution >= 0.6 is 0 Å². The lowest BCUT2D eigenvalue weighted by atomic mass is 9.95. The predicted octanol–water partition coefficient (Wildman–Crippen LogP) is 1.65. The summed E-state index contributed by atoms with van der Waals surface area (Å²) in [7, 11) is 0. The Hall–Kier alpha value is -1.75. The average molecular weight is 278 g/mol. The Kier molecular flexibility index (Phi) is 4.49. The van der Waals surface area contributed by atoms with E-state index in [1.54, 1.807) is 19.1 Å². The van der Waals surface area contributed by atoms with E-state index in [0.717, 1.165) is 18.7 Å². The van der Waals surface area contributed by atoms with Crippen LogP contribution in [0.1, 0.15) is 30.6 Å². The van der Waals surface area contributed by atoms with Crippen LogP contribution in [0.15, 0.2) is 18.2 Å². The largest absolute Gasteiger partial charge is 0.462 e. The van der Waals surface area contributed by atoms with Gasteiger partial charge in [-0.25, -0.2) is 4.79 Å². The number of nitrogens with zero attached hydrogens (tertiary/aromatic N) is 1. The van der Waals surface area contributed by atoms with Gasteiger partial charge in [-0.05, 0) is 37.5 Å². The normalized spacial score (nSPS) is 22.6. The van der Waals surface area contributed by atoms with Gasteiger partial charge in [0.2, 0.25) is 0 Å². The average Bonchev–Trinajstić information content (AvgIpc) is 2.42. The van der Waals surface area contributed by atoms with Crippen molar-refractivity contribution in [2.24, 2.45) is 5.92 Å². The second-order valence-corrected chi connectivity index (χ2v) is 5.27. The second-order valence-electron chi connectivity index (χ2n) is 5.27. The predicted molar refractivity (Wildman–Crippen MR) is 78.8 cm³/mol. The maximum atomic E-state index is 11.8. The van der Waals surface area contributed by atoms with E-state index in [1.165, 1.54) is 0 Å². The van der Waals surface area contributed by atoms with Gasteiger partial charge in [0, 0.05) is 24.5 Å². The molecule has 1 saturated heterocycles. The van der Waals surface area contributed by atoms with Gasteiger partial charge >= 0.3 is 5.97 Å². The summed E-state index contributed by atoms with van der Waals surface area (Å²) in [5, 5.41) is 9.97. The van der Waals surface area contributed by atoms with Gasteiger partial charge in [0.25, 0.3) is 0 Å². The number of benzene rings is 1. The molecule has 0 amide bonds. The first-order valence-corrected chi connectivity index (χ1v) is 7.02. The summed E-state index contributed by atoms with van der Waals surface area (Å²) in [4.78, 5) is 13.9. The number of aliphatic hydroxyl groups is 1. The van der Waals surface area contributed by atoms with Gasteiger partial charge in [-0.2, -0.15) is 0 Å². The standard InChI is InChI=1S/C15H22N2O3/c1-3-20-15(19)12-8-11(4-5-13(12)16)17-7-6-10(2)14(18)9-17/h4-5,8,10,14,18H,3,6-7,9,16H2,1-2H3. The Morgan fingerprint density at radius 1 is 1.55 bits per heavy atom. The Bertz CT molecular complexity index is 490. The van der Waals surface area contributed by atoms with Gasteiger partial charge in [-0.15, -0.1) is 0 Å². The van der Waals surface area contributed by atoms with Crippen molar-refractivity contribution in [3.63, 3.8) is 0 Å². The van der Waals surface area contributed by atoms with Gasteiger partial charge in [0.1, 0.15) is 0 Å². The van der Waals surface area contributed by atoms with Gasteiger partial charge in [-0.3, -0.25) is 0 Å². The number of aliphatic hydroxyl groups excluding tert-OH is 1. The van der Waals surface area contributed by atoms with Gasteiger partial charge in [0.05, 0.1) is 18.3 Å². The van der Waals surface area contributed by atoms with Crippen molar-refractivity contribution in [2.45, 2.75) is 26.4 Å². The summed E-state index contributed by atoms with van der Waals surface area (Å²) in [5.41, 5.74) is 7.53. The first-order valence-electron chi connectivity index (χ1n) is 7.02. The second kappa shape index (κ2) is 6.13. The Labute approximate surface area is 119 Å². The number of carbonyl (C=O) groups is 1. The molecule has 0 aromatic heterocycles. The lowest BCUT2D eigenvalue weighted by molar-refractivity contribution is 0.0527. The molecule has 5 heteroatoms. The van der Waals surface area contributed by atoms with Crippen LogP contribution in [0.3, 0.4) is 0 Å². The van der Waals surface area contributed by atoms with Crippen LogP contribution in [0, 0.1) is 5.92 Å². The fourth-order valence-electron chi connectivity index (χ4n) is 2.41. The van der Waals surface area contributed by atoms with Crippen LogP contribution in [-0.4, -0.2) is 36.9 Å². The van der Waals surface area contributed by atoms with E-state index in [4.69, 9.17) is 10.5 Å². The number of hydrogen-bond acceptors (Lipinski definition) is 5. The highest BCUT2D eigenvalue weighted by atomic mass is 16.5. The number of rotatable bonds is 3. The quantitative estimate of drug-likeness (QED) is 0.649. The van der Waals surface area contributed by atoms with Crippen LogP contribution in [0.4, 0.5) is 11.4 Å². The van der Waals surface area contributed by atoms with Gasteiger partial charge in [-0.1, -0.05) is 6.92 Å². The summed E-state index contributed by atoms with van der Waals surface area (Å²) in [5.74, 6) is -0.0951. The molecule has 1 heterocycles. The van der Waals surface area contributed by atoms with E-state index < -0.39 is 5.97 Å². The van der Waals surface area contributed by atoms with Crippen LogP contribution in [-0.2, 0) is 4.74 Å². The fraction of sp³-hybridized carbons (Fsp3) is 0.533. The molecule has 0 saturated carbocycles. The van der Waals surface area contributed by atoms with Crippen molar-refractivity contribution < 1.29 is 14.6 Å². The number of ether oxygens (including phenoxy) is 1. The van der Waals surface area contributed by atoms with Crippen molar-refractivity contribution in [3.8, 4) is 0 Å². The number of β-amino-alcohol motifs (C(OH)–C–C–N with tert-alkyl or cyclic N) is 1. The molecule has 3 N–H and O–H groups in total. The summed E-state index contributed by atoms with van der Waals surface area (Å²) < 4.78 is 5.00. The number of esters is 1. The van der Waals surface area contributed by atoms with Gasteiger partial charge < -0.3 is 20.5 Å². The molecular weight excluding hydrogens is 256 g/mol. The lowest BCUT2D eigenvalue weighted by Gasteiger charge is -2.36. The molecule has 20 heavy (non-hydrogen) atoms. The Morgan fingerprint density at radius 2 is 2.30 bits per heavy atom. The maximum Gasteiger partial charge on any atom is 0.340 e. The van der Waals surface area contributed by atoms with Crippen LogP contribution in [0.5, 0.6) is 0 Å². The van der Waals surface area contributed by atoms with E-state index in [1.807, 2.05) is 6.07 Å². The molecule has 2 atom stereocenters. The zero-order valence-corrected chi connectivity index (χ0v) is 12.0. The van der Waals surface area contributed by atoms with E-state index in [2.05, 4.69) is 11.8 Å². The van der Waals surface area contributed by atoms with Crippen LogP contribution in [0.2, 0.25) is 0 Å². The number of hydrogen-bond donors (Lipinski definition) is 2. The maximum absolute atomic E-state index is 11.8. The minimum Gasteiger partial charge on any atom is -0.462 e. The van der Waals surface area contributed by atoms with Crippen molar-refractivity contribution in [3.05, 3.63) is 23.8 Å². The molecule has 110 valence electrons. The molecular formula is C15H22N2O3. The Morgan fingerprint density at radius 3 is 2.95 bits per heavy atom. The van der Waals surface area contributed by atoms with Gasteiger partial charge in [0.15, 0.2) is 0 Å². The van der Waals surface area contributed by atoms with Crippen LogP contribution < -0.4 is 10.6 Å². The summed E-state index contributed by atoms with van der Waals surface area (Å²) in [6.07, 6.45) is 0.590. The summed E-state index contributed by atoms with van der Waals surface area (Å²) in [6, 6.07) is 5.34. The number of piperidine rings is 1. The van der Waals surface area contributed by atoms with E-state index in [9.17, 15) is 9.90 Å². The molecule has 2 unspecified atom stereocenters. The third-order valence-corrected chi connectivity index (χ3v) is 3.82. The van der Waals surface area contributed by atoms with E-state index in [0.29, 0.717) is 30.3 Å². The van der Waals surface area contributed by atoms with E-state index >= 15 is 0 Å². The molecule has 0 aliphatic carbocycles. The molecule has 1 fully saturated rings. The Balaban J connectivity index is 2.21. The number of anilines is 2. The first kappa shape index (κ1) is 14.7. The smallest absolute Gasteiger partial charge is 0.340 e. The fourth-order valence-corrected chi connectivity index (χ4v) is 2.41. The topological polar surface area (TPSA) is 75.8 Å². The minimum atomic E-state index is -0.405. The third kappa shape index (κ3) is 3.04. The molecule has 5 nitrogen and oxygen atoms in total. The highest BCUT2D eigenvalue weighted by molar-refractivity contribution is 5.96. The van der Waals surface area contributed by atoms with Crippen molar-refractivity contribution >= 4 is 17.3 Å². The van der Waals surface area contributed by atoms with Crippen molar-refractivity contribution in [1.82, 2.24) is 0 Å². The summed E-state index contributed by atoms with van der Waals surface area (Å²) in [6.45, 7) is 5.58.